The molecule has 0 spiro atoms. The van der Waals surface area contributed by atoms with E-state index in [1.807, 2.05) is 31.2 Å². The number of rotatable bonds is 4. The van der Waals surface area contributed by atoms with E-state index in [1.54, 1.807) is 23.1 Å². The molecule has 2 aromatic carbocycles. The van der Waals surface area contributed by atoms with Crippen molar-refractivity contribution in [1.29, 1.82) is 0 Å². The fourth-order valence-electron chi connectivity index (χ4n) is 2.31. The average molecular weight is 387 g/mol. The molecule has 7 heteroatoms. The number of amides is 1. The number of hydrogen-bond acceptors (Lipinski definition) is 4. The number of nitrogens with one attached hydrogen (secondary N) is 1. The molecule has 1 heterocycles. The normalized spacial score (nSPS) is 11.9. The summed E-state index contributed by atoms with van der Waals surface area (Å²) in [4.78, 5) is 16.3. The topological polar surface area (TPSA) is 80.0 Å². The number of aromatic nitrogens is 3. The van der Waals surface area contributed by atoms with Crippen molar-refractivity contribution < 1.29 is 9.90 Å². The van der Waals surface area contributed by atoms with Crippen molar-refractivity contribution in [2.24, 2.45) is 0 Å². The lowest BCUT2D eigenvalue weighted by Gasteiger charge is -2.15. The van der Waals surface area contributed by atoms with Crippen LogP contribution in [-0.2, 0) is 0 Å². The highest BCUT2D eigenvalue weighted by molar-refractivity contribution is 9.10. The maximum absolute atomic E-state index is 12.3. The summed E-state index contributed by atoms with van der Waals surface area (Å²) in [5, 5.41) is 16.8. The maximum Gasteiger partial charge on any atom is 0.255 e. The minimum absolute atomic E-state index is 0.0515. The Balaban J connectivity index is 1.73. The van der Waals surface area contributed by atoms with Gasteiger partial charge in [0.2, 0.25) is 0 Å². The Bertz CT molecular complexity index is 848. The van der Waals surface area contributed by atoms with Gasteiger partial charge in [-0.15, -0.1) is 0 Å². The maximum atomic E-state index is 12.3. The summed E-state index contributed by atoms with van der Waals surface area (Å²) in [6.07, 6.45) is 3.09. The molecule has 1 amide bonds. The van der Waals surface area contributed by atoms with Crippen molar-refractivity contribution in [2.45, 2.75) is 13.0 Å². The Labute approximate surface area is 147 Å². The summed E-state index contributed by atoms with van der Waals surface area (Å²) >= 11 is 3.30. The van der Waals surface area contributed by atoms with Crippen LogP contribution in [0.1, 0.15) is 28.9 Å². The molecule has 3 aromatic rings. The largest absolute Gasteiger partial charge is 0.507 e. The van der Waals surface area contributed by atoms with Gasteiger partial charge in [-0.1, -0.05) is 28.1 Å². The lowest BCUT2D eigenvalue weighted by atomic mass is 10.1. The Morgan fingerprint density at radius 1 is 1.25 bits per heavy atom. The lowest BCUT2D eigenvalue weighted by Crippen LogP contribution is -2.26. The molecule has 0 saturated heterocycles. The molecular formula is C17H15BrN4O2. The third-order valence-corrected chi connectivity index (χ3v) is 4.12. The van der Waals surface area contributed by atoms with Crippen LogP contribution in [0.2, 0.25) is 0 Å². The first-order valence-electron chi connectivity index (χ1n) is 7.29. The predicted octanol–water partition coefficient (Wildman–Crippen LogP) is 3.23. The van der Waals surface area contributed by atoms with Crippen LogP contribution in [0.3, 0.4) is 0 Å². The summed E-state index contributed by atoms with van der Waals surface area (Å²) in [7, 11) is 0. The van der Waals surface area contributed by atoms with Gasteiger partial charge >= 0.3 is 0 Å². The molecule has 0 radical (unpaired) electrons. The second kappa shape index (κ2) is 6.84. The quantitative estimate of drug-likeness (QED) is 0.721. The first-order chi connectivity index (χ1) is 11.5. The third-order valence-electron chi connectivity index (χ3n) is 3.63. The monoisotopic (exact) mass is 386 g/mol. The van der Waals surface area contributed by atoms with Gasteiger partial charge < -0.3 is 10.4 Å². The van der Waals surface area contributed by atoms with Crippen molar-refractivity contribution in [3.8, 4) is 11.4 Å². The van der Waals surface area contributed by atoms with Crippen molar-refractivity contribution in [3.05, 3.63) is 70.7 Å². The second-order valence-electron chi connectivity index (χ2n) is 5.29. The number of aromatic hydroxyl groups is 1. The van der Waals surface area contributed by atoms with Crippen LogP contribution in [0, 0.1) is 0 Å². The van der Waals surface area contributed by atoms with Crippen LogP contribution in [0.4, 0.5) is 0 Å². The number of hydrogen-bond donors (Lipinski definition) is 2. The smallest absolute Gasteiger partial charge is 0.255 e. The minimum Gasteiger partial charge on any atom is -0.507 e. The molecule has 122 valence electrons. The summed E-state index contributed by atoms with van der Waals surface area (Å²) in [5.41, 5.74) is 2.07. The fraction of sp³-hybridized carbons (Fsp3) is 0.118. The van der Waals surface area contributed by atoms with E-state index in [0.717, 1.165) is 15.7 Å². The van der Waals surface area contributed by atoms with Crippen molar-refractivity contribution in [3.63, 3.8) is 0 Å². The van der Waals surface area contributed by atoms with Crippen molar-refractivity contribution in [2.75, 3.05) is 0 Å². The van der Waals surface area contributed by atoms with Crippen molar-refractivity contribution >= 4 is 21.8 Å². The van der Waals surface area contributed by atoms with E-state index in [1.165, 1.54) is 12.4 Å². The summed E-state index contributed by atoms with van der Waals surface area (Å²) in [6.45, 7) is 1.89. The zero-order chi connectivity index (χ0) is 17.1. The summed E-state index contributed by atoms with van der Waals surface area (Å²) < 4.78 is 2.39. The highest BCUT2D eigenvalue weighted by atomic mass is 79.9. The van der Waals surface area contributed by atoms with Gasteiger partial charge in [0.15, 0.2) is 0 Å². The number of benzene rings is 2. The van der Waals surface area contributed by atoms with Crippen LogP contribution in [0.5, 0.6) is 5.75 Å². The molecule has 6 nitrogen and oxygen atoms in total. The second-order valence-corrected chi connectivity index (χ2v) is 6.20. The Hall–Kier alpha value is -2.67. The summed E-state index contributed by atoms with van der Waals surface area (Å²) in [5.74, 6) is -0.383. The fourth-order valence-corrected chi connectivity index (χ4v) is 2.67. The van der Waals surface area contributed by atoms with Crippen LogP contribution >= 0.6 is 15.9 Å². The number of phenolic OH excluding ortho intramolecular Hbond substituents is 1. The van der Waals surface area contributed by atoms with Gasteiger partial charge in [0.05, 0.1) is 17.3 Å². The van der Waals surface area contributed by atoms with Gasteiger partial charge in [0, 0.05) is 4.47 Å². The number of carbonyl (C=O) groups is 1. The van der Waals surface area contributed by atoms with Gasteiger partial charge in [0.25, 0.3) is 5.91 Å². The van der Waals surface area contributed by atoms with Gasteiger partial charge in [-0.05, 0) is 42.8 Å². The molecule has 2 N–H and O–H groups in total. The number of phenols is 1. The summed E-state index contributed by atoms with van der Waals surface area (Å²) in [6, 6.07) is 12.2. The van der Waals surface area contributed by atoms with Gasteiger partial charge in [-0.2, -0.15) is 5.10 Å². The molecule has 0 saturated carbocycles. The predicted molar refractivity (Wildman–Crippen MR) is 93.0 cm³/mol. The molecule has 0 aliphatic carbocycles. The third kappa shape index (κ3) is 3.46. The Morgan fingerprint density at radius 3 is 2.67 bits per heavy atom. The number of nitrogens with zero attached hydrogens (tertiary/aromatic N) is 3. The molecule has 0 bridgehead atoms. The molecule has 0 aliphatic rings. The Kier molecular flexibility index (Phi) is 4.61. The van der Waals surface area contributed by atoms with Gasteiger partial charge in [-0.25, -0.2) is 9.67 Å². The molecular weight excluding hydrogens is 372 g/mol. The van der Waals surface area contributed by atoms with E-state index in [-0.39, 0.29) is 23.3 Å². The highest BCUT2D eigenvalue weighted by Crippen LogP contribution is 2.23. The van der Waals surface area contributed by atoms with E-state index in [0.29, 0.717) is 0 Å². The molecule has 24 heavy (non-hydrogen) atoms. The minimum atomic E-state index is -0.332. The van der Waals surface area contributed by atoms with Crippen LogP contribution < -0.4 is 5.32 Å². The molecule has 1 aromatic heterocycles. The van der Waals surface area contributed by atoms with E-state index in [9.17, 15) is 9.90 Å². The van der Waals surface area contributed by atoms with Gasteiger partial charge in [0.1, 0.15) is 18.4 Å². The first kappa shape index (κ1) is 16.2. The van der Waals surface area contributed by atoms with E-state index >= 15 is 0 Å². The zero-order valence-corrected chi connectivity index (χ0v) is 14.4. The molecule has 0 aliphatic heterocycles. The number of carbonyl (C=O) groups excluding carboxylic acids is 1. The van der Waals surface area contributed by atoms with E-state index < -0.39 is 0 Å². The molecule has 0 fully saturated rings. The number of halogens is 1. The van der Waals surface area contributed by atoms with Crippen LogP contribution in [-0.4, -0.2) is 25.8 Å². The van der Waals surface area contributed by atoms with E-state index in [4.69, 9.17) is 0 Å². The highest BCUT2D eigenvalue weighted by Gasteiger charge is 2.15. The average Bonchev–Trinajstić information content (AvgIpc) is 3.11. The zero-order valence-electron chi connectivity index (χ0n) is 12.8. The van der Waals surface area contributed by atoms with Crippen molar-refractivity contribution in [1.82, 2.24) is 20.1 Å². The SMILES string of the molecule is C[C@@H](NC(=O)c1cc(Br)ccc1O)c1ccc(-n2cncn2)cc1. The van der Waals surface area contributed by atoms with E-state index in [2.05, 4.69) is 31.3 Å². The molecule has 1 atom stereocenters. The standard InChI is InChI=1S/C17H15BrN4O2/c1-11(21-17(24)15-8-13(18)4-7-16(15)23)12-2-5-14(6-3-12)22-10-19-9-20-22/h2-11,23H,1H3,(H,21,24)/t11-/m1/s1. The lowest BCUT2D eigenvalue weighted by molar-refractivity contribution is 0.0937. The van der Waals surface area contributed by atoms with Gasteiger partial charge in [-0.3, -0.25) is 4.79 Å². The first-order valence-corrected chi connectivity index (χ1v) is 8.08. The molecule has 3 rings (SSSR count). The Morgan fingerprint density at radius 2 is 2.00 bits per heavy atom. The van der Waals surface area contributed by atoms with Crippen LogP contribution in [0.25, 0.3) is 5.69 Å². The molecule has 0 unspecified atom stereocenters. The van der Waals surface area contributed by atoms with Crippen LogP contribution in [0.15, 0.2) is 59.6 Å².